The predicted octanol–water partition coefficient (Wildman–Crippen LogP) is 2.44. The molecule has 2 rings (SSSR count). The van der Waals surface area contributed by atoms with E-state index in [4.69, 9.17) is 0 Å². The predicted molar refractivity (Wildman–Crippen MR) is 74.8 cm³/mol. The minimum Gasteiger partial charge on any atom is -0.280 e. The zero-order chi connectivity index (χ0) is 14.2. The molecule has 0 fully saturated rings. The third-order valence-electron chi connectivity index (χ3n) is 3.15. The van der Waals surface area contributed by atoms with E-state index in [-0.39, 0.29) is 4.90 Å². The molecule has 0 bridgehead atoms. The van der Waals surface area contributed by atoms with E-state index >= 15 is 0 Å². The van der Waals surface area contributed by atoms with Crippen LogP contribution < -0.4 is 4.72 Å². The van der Waals surface area contributed by atoms with E-state index in [2.05, 4.69) is 14.9 Å². The molecule has 0 aliphatic rings. The number of benzene rings is 1. The number of sulfonamides is 1. The molecule has 102 valence electrons. The van der Waals surface area contributed by atoms with Gasteiger partial charge in [0.2, 0.25) is 0 Å². The van der Waals surface area contributed by atoms with Crippen LogP contribution in [-0.2, 0) is 10.0 Å². The largest absolute Gasteiger partial charge is 0.280 e. The molecule has 2 aromatic rings. The summed E-state index contributed by atoms with van der Waals surface area (Å²) in [5, 5.41) is 6.73. The minimum atomic E-state index is -3.58. The zero-order valence-corrected chi connectivity index (χ0v) is 12.2. The first kappa shape index (κ1) is 13.6. The lowest BCUT2D eigenvalue weighted by molar-refractivity contribution is 0.601. The van der Waals surface area contributed by atoms with Crippen molar-refractivity contribution < 1.29 is 8.42 Å². The summed E-state index contributed by atoms with van der Waals surface area (Å²) in [5.74, 6) is 0. The van der Waals surface area contributed by atoms with E-state index in [0.717, 1.165) is 11.1 Å². The van der Waals surface area contributed by atoms with Crippen LogP contribution in [0.4, 0.5) is 5.69 Å². The molecule has 1 aromatic carbocycles. The van der Waals surface area contributed by atoms with Crippen molar-refractivity contribution >= 4 is 15.7 Å². The van der Waals surface area contributed by atoms with Crippen molar-refractivity contribution in [3.8, 4) is 0 Å². The van der Waals surface area contributed by atoms with Gasteiger partial charge in [0.05, 0.1) is 22.0 Å². The SMILES string of the molecule is Cc1ccc(S(=O)(=O)Nc2c(C)n[nH]c2C)cc1C. The summed E-state index contributed by atoms with van der Waals surface area (Å²) in [4.78, 5) is 0.260. The van der Waals surface area contributed by atoms with E-state index in [1.54, 1.807) is 32.0 Å². The van der Waals surface area contributed by atoms with Crippen molar-refractivity contribution in [3.05, 3.63) is 40.7 Å². The topological polar surface area (TPSA) is 74.8 Å². The Bertz CT molecular complexity index is 698. The van der Waals surface area contributed by atoms with Gasteiger partial charge in [0.25, 0.3) is 10.0 Å². The maximum atomic E-state index is 12.3. The van der Waals surface area contributed by atoms with Gasteiger partial charge < -0.3 is 0 Å². The summed E-state index contributed by atoms with van der Waals surface area (Å²) in [5.41, 5.74) is 3.85. The first-order valence-electron chi connectivity index (χ1n) is 5.93. The van der Waals surface area contributed by atoms with E-state index < -0.39 is 10.0 Å². The van der Waals surface area contributed by atoms with Crippen LogP contribution in [0.2, 0.25) is 0 Å². The van der Waals surface area contributed by atoms with Crippen molar-refractivity contribution in [2.24, 2.45) is 0 Å². The van der Waals surface area contributed by atoms with Crippen LogP contribution in [0, 0.1) is 27.7 Å². The fraction of sp³-hybridized carbons (Fsp3) is 0.308. The molecule has 0 unspecified atom stereocenters. The summed E-state index contributed by atoms with van der Waals surface area (Å²) in [6.45, 7) is 7.37. The Morgan fingerprint density at radius 1 is 1.11 bits per heavy atom. The molecule has 0 saturated carbocycles. The van der Waals surface area contributed by atoms with Crippen LogP contribution in [0.15, 0.2) is 23.1 Å². The molecule has 0 amide bonds. The normalized spacial score (nSPS) is 11.6. The molecule has 0 radical (unpaired) electrons. The molecule has 6 heteroatoms. The molecule has 5 nitrogen and oxygen atoms in total. The van der Waals surface area contributed by atoms with Crippen LogP contribution >= 0.6 is 0 Å². The first-order chi connectivity index (χ1) is 8.81. The highest BCUT2D eigenvalue weighted by molar-refractivity contribution is 7.92. The number of nitrogens with one attached hydrogen (secondary N) is 2. The van der Waals surface area contributed by atoms with Crippen molar-refractivity contribution in [2.75, 3.05) is 4.72 Å². The van der Waals surface area contributed by atoms with E-state index in [1.165, 1.54) is 0 Å². The highest BCUT2D eigenvalue weighted by Crippen LogP contribution is 2.22. The Morgan fingerprint density at radius 3 is 2.32 bits per heavy atom. The van der Waals surface area contributed by atoms with Crippen LogP contribution in [-0.4, -0.2) is 18.6 Å². The number of anilines is 1. The Kier molecular flexibility index (Phi) is 3.36. The maximum absolute atomic E-state index is 12.3. The van der Waals surface area contributed by atoms with E-state index in [1.807, 2.05) is 13.8 Å². The molecular weight excluding hydrogens is 262 g/mol. The number of aromatic amines is 1. The summed E-state index contributed by atoms with van der Waals surface area (Å²) in [6.07, 6.45) is 0. The second-order valence-electron chi connectivity index (χ2n) is 4.66. The number of hydrogen-bond donors (Lipinski definition) is 2. The summed E-state index contributed by atoms with van der Waals surface area (Å²) in [6, 6.07) is 5.08. The Balaban J connectivity index is 2.41. The quantitative estimate of drug-likeness (QED) is 0.906. The van der Waals surface area contributed by atoms with E-state index in [9.17, 15) is 8.42 Å². The highest BCUT2D eigenvalue weighted by atomic mass is 32.2. The van der Waals surface area contributed by atoms with Gasteiger partial charge in [0, 0.05) is 0 Å². The van der Waals surface area contributed by atoms with Crippen LogP contribution in [0.3, 0.4) is 0 Å². The molecule has 0 spiro atoms. The summed E-state index contributed by atoms with van der Waals surface area (Å²) >= 11 is 0. The molecule has 0 aliphatic carbocycles. The number of aromatic nitrogens is 2. The van der Waals surface area contributed by atoms with Crippen molar-refractivity contribution in [1.29, 1.82) is 0 Å². The lowest BCUT2D eigenvalue weighted by Crippen LogP contribution is -2.14. The van der Waals surface area contributed by atoms with Gasteiger partial charge in [-0.25, -0.2) is 8.42 Å². The average molecular weight is 279 g/mol. The number of H-pyrrole nitrogens is 1. The van der Waals surface area contributed by atoms with E-state index in [0.29, 0.717) is 17.1 Å². The molecule has 19 heavy (non-hydrogen) atoms. The molecule has 0 saturated heterocycles. The van der Waals surface area contributed by atoms with Crippen molar-refractivity contribution in [2.45, 2.75) is 32.6 Å². The molecule has 0 aliphatic heterocycles. The lowest BCUT2D eigenvalue weighted by atomic mass is 10.1. The molecule has 0 atom stereocenters. The summed E-state index contributed by atoms with van der Waals surface area (Å²) in [7, 11) is -3.58. The second-order valence-corrected chi connectivity index (χ2v) is 6.34. The molecule has 1 heterocycles. The Morgan fingerprint density at radius 2 is 1.79 bits per heavy atom. The average Bonchev–Trinajstić information content (AvgIpc) is 2.64. The number of rotatable bonds is 3. The van der Waals surface area contributed by atoms with Gasteiger partial charge in [-0.05, 0) is 51.0 Å². The lowest BCUT2D eigenvalue weighted by Gasteiger charge is -2.09. The van der Waals surface area contributed by atoms with Gasteiger partial charge in [-0.2, -0.15) is 5.10 Å². The standard InChI is InChI=1S/C13H17N3O2S/c1-8-5-6-12(7-9(8)2)19(17,18)16-13-10(3)14-15-11(13)4/h5-7,16H,1-4H3,(H,14,15). The van der Waals surface area contributed by atoms with Gasteiger partial charge in [-0.3, -0.25) is 9.82 Å². The fourth-order valence-electron chi connectivity index (χ4n) is 1.78. The molecular formula is C13H17N3O2S. The van der Waals surface area contributed by atoms with Gasteiger partial charge in [-0.15, -0.1) is 0 Å². The Labute approximate surface area is 113 Å². The molecule has 2 N–H and O–H groups in total. The van der Waals surface area contributed by atoms with Crippen LogP contribution in [0.5, 0.6) is 0 Å². The third kappa shape index (κ3) is 2.63. The monoisotopic (exact) mass is 279 g/mol. The first-order valence-corrected chi connectivity index (χ1v) is 7.41. The minimum absolute atomic E-state index is 0.260. The van der Waals surface area contributed by atoms with Gasteiger partial charge in [-0.1, -0.05) is 6.07 Å². The number of aryl methyl sites for hydroxylation is 4. The van der Waals surface area contributed by atoms with Gasteiger partial charge in [0.1, 0.15) is 0 Å². The van der Waals surface area contributed by atoms with Gasteiger partial charge >= 0.3 is 0 Å². The second kappa shape index (κ2) is 4.70. The highest BCUT2D eigenvalue weighted by Gasteiger charge is 2.18. The van der Waals surface area contributed by atoms with Crippen molar-refractivity contribution in [1.82, 2.24) is 10.2 Å². The fourth-order valence-corrected chi connectivity index (χ4v) is 3.04. The number of hydrogen-bond acceptors (Lipinski definition) is 3. The zero-order valence-electron chi connectivity index (χ0n) is 11.4. The molecule has 1 aromatic heterocycles. The smallest absolute Gasteiger partial charge is 0.262 e. The summed E-state index contributed by atoms with van der Waals surface area (Å²) < 4.78 is 27.2. The third-order valence-corrected chi connectivity index (χ3v) is 4.50. The number of nitrogens with zero attached hydrogens (tertiary/aromatic N) is 1. The van der Waals surface area contributed by atoms with Crippen LogP contribution in [0.1, 0.15) is 22.5 Å². The Hall–Kier alpha value is -1.82. The van der Waals surface area contributed by atoms with Gasteiger partial charge in [0.15, 0.2) is 0 Å². The maximum Gasteiger partial charge on any atom is 0.262 e. The van der Waals surface area contributed by atoms with Crippen LogP contribution in [0.25, 0.3) is 0 Å². The van der Waals surface area contributed by atoms with Crippen molar-refractivity contribution in [3.63, 3.8) is 0 Å².